The van der Waals surface area contributed by atoms with E-state index in [2.05, 4.69) is 28.9 Å². The monoisotopic (exact) mass is 304 g/mol. The van der Waals surface area contributed by atoms with Crippen molar-refractivity contribution < 1.29 is 5.11 Å². The molecule has 0 radical (unpaired) electrons. The van der Waals surface area contributed by atoms with Crippen molar-refractivity contribution in [2.24, 2.45) is 0 Å². The Morgan fingerprint density at radius 2 is 1.78 bits per heavy atom. The minimum absolute atomic E-state index is 0.892. The Labute approximate surface area is 117 Å². The molecule has 2 aromatic carbocycles. The summed E-state index contributed by atoms with van der Waals surface area (Å²) >= 11 is 3.45. The summed E-state index contributed by atoms with van der Waals surface area (Å²) in [5, 5.41) is 10.8. The zero-order valence-electron chi connectivity index (χ0n) is 10.9. The van der Waals surface area contributed by atoms with E-state index in [0.717, 1.165) is 21.2 Å². The van der Waals surface area contributed by atoms with Crippen LogP contribution in [0.3, 0.4) is 0 Å². The summed E-state index contributed by atoms with van der Waals surface area (Å²) in [6, 6.07) is 13.9. The van der Waals surface area contributed by atoms with Crippen LogP contribution >= 0.6 is 15.9 Å². The molecule has 0 bridgehead atoms. The second kappa shape index (κ2) is 4.87. The number of rotatable bonds is 2. The second-order valence-corrected chi connectivity index (χ2v) is 5.82. The summed E-state index contributed by atoms with van der Waals surface area (Å²) in [4.78, 5) is 0. The topological polar surface area (TPSA) is 20.2 Å². The number of aryl methyl sites for hydroxylation is 2. The molecule has 0 aliphatic rings. The van der Waals surface area contributed by atoms with E-state index in [1.807, 2.05) is 50.2 Å². The van der Waals surface area contributed by atoms with E-state index in [4.69, 9.17) is 0 Å². The van der Waals surface area contributed by atoms with Gasteiger partial charge in [-0.25, -0.2) is 0 Å². The lowest BCUT2D eigenvalue weighted by atomic mass is 9.85. The van der Waals surface area contributed by atoms with Gasteiger partial charge < -0.3 is 5.11 Å². The van der Waals surface area contributed by atoms with Crippen molar-refractivity contribution in [3.05, 3.63) is 69.2 Å². The average molecular weight is 305 g/mol. The van der Waals surface area contributed by atoms with Crippen molar-refractivity contribution in [2.75, 3.05) is 0 Å². The Morgan fingerprint density at radius 3 is 2.39 bits per heavy atom. The van der Waals surface area contributed by atoms with Gasteiger partial charge in [0.15, 0.2) is 0 Å². The van der Waals surface area contributed by atoms with Crippen molar-refractivity contribution in [3.8, 4) is 0 Å². The van der Waals surface area contributed by atoms with Crippen LogP contribution in [-0.2, 0) is 5.60 Å². The van der Waals surface area contributed by atoms with Gasteiger partial charge in [-0.05, 0) is 49.6 Å². The quantitative estimate of drug-likeness (QED) is 0.876. The Morgan fingerprint density at radius 1 is 1.06 bits per heavy atom. The maximum Gasteiger partial charge on any atom is 0.112 e. The Kier molecular flexibility index (Phi) is 3.60. The van der Waals surface area contributed by atoms with Crippen molar-refractivity contribution in [1.82, 2.24) is 0 Å². The molecule has 1 nitrogen and oxygen atoms in total. The lowest BCUT2D eigenvalue weighted by molar-refractivity contribution is 0.101. The van der Waals surface area contributed by atoms with E-state index in [0.29, 0.717) is 0 Å². The number of benzene rings is 2. The van der Waals surface area contributed by atoms with Crippen LogP contribution in [0.2, 0.25) is 0 Å². The molecule has 94 valence electrons. The molecule has 0 spiro atoms. The predicted octanol–water partition coefficient (Wildman–Crippen LogP) is 4.32. The molecule has 0 amide bonds. The van der Waals surface area contributed by atoms with Crippen LogP contribution in [-0.4, -0.2) is 5.11 Å². The zero-order chi connectivity index (χ0) is 13.3. The largest absolute Gasteiger partial charge is 0.381 e. The standard InChI is InChI=1S/C16H17BrO/c1-11-7-8-15(12(2)9-11)16(3,18)13-5-4-6-14(17)10-13/h4-10,18H,1-3H3. The van der Waals surface area contributed by atoms with E-state index in [1.165, 1.54) is 5.56 Å². The first-order valence-corrected chi connectivity index (χ1v) is 6.76. The van der Waals surface area contributed by atoms with Gasteiger partial charge in [-0.1, -0.05) is 51.8 Å². The normalized spacial score (nSPS) is 14.3. The molecule has 2 aromatic rings. The van der Waals surface area contributed by atoms with Gasteiger partial charge >= 0.3 is 0 Å². The molecular weight excluding hydrogens is 288 g/mol. The summed E-state index contributed by atoms with van der Waals surface area (Å²) in [6.45, 7) is 5.94. The third-order valence-corrected chi connectivity index (χ3v) is 3.79. The molecule has 18 heavy (non-hydrogen) atoms. The van der Waals surface area contributed by atoms with E-state index in [-0.39, 0.29) is 0 Å². The minimum atomic E-state index is -0.971. The van der Waals surface area contributed by atoms with Crippen LogP contribution in [0.15, 0.2) is 46.9 Å². The number of halogens is 1. The van der Waals surface area contributed by atoms with Gasteiger partial charge in [0.2, 0.25) is 0 Å². The summed E-state index contributed by atoms with van der Waals surface area (Å²) in [7, 11) is 0. The van der Waals surface area contributed by atoms with E-state index in [9.17, 15) is 5.11 Å². The van der Waals surface area contributed by atoms with Crippen molar-refractivity contribution in [1.29, 1.82) is 0 Å². The van der Waals surface area contributed by atoms with Gasteiger partial charge in [-0.15, -0.1) is 0 Å². The number of aliphatic hydroxyl groups is 1. The summed E-state index contributed by atoms with van der Waals surface area (Å²) in [5.41, 5.74) is 3.19. The van der Waals surface area contributed by atoms with Crippen LogP contribution < -0.4 is 0 Å². The molecule has 1 N–H and O–H groups in total. The molecule has 0 aliphatic carbocycles. The molecular formula is C16H17BrO. The molecule has 0 heterocycles. The van der Waals surface area contributed by atoms with Crippen LogP contribution in [0.5, 0.6) is 0 Å². The first-order chi connectivity index (χ1) is 8.41. The molecule has 2 heteroatoms. The van der Waals surface area contributed by atoms with Gasteiger partial charge in [0.25, 0.3) is 0 Å². The van der Waals surface area contributed by atoms with Gasteiger partial charge in [-0.3, -0.25) is 0 Å². The highest BCUT2D eigenvalue weighted by Gasteiger charge is 2.27. The van der Waals surface area contributed by atoms with E-state index >= 15 is 0 Å². The molecule has 2 rings (SSSR count). The fourth-order valence-electron chi connectivity index (χ4n) is 2.31. The number of hydrogen-bond acceptors (Lipinski definition) is 1. The summed E-state index contributed by atoms with van der Waals surface area (Å²) < 4.78 is 0.977. The lowest BCUT2D eigenvalue weighted by Crippen LogP contribution is -2.24. The first-order valence-electron chi connectivity index (χ1n) is 5.97. The van der Waals surface area contributed by atoms with Crippen LogP contribution in [0, 0.1) is 13.8 Å². The maximum atomic E-state index is 10.8. The summed E-state index contributed by atoms with van der Waals surface area (Å²) in [5.74, 6) is 0. The Hall–Kier alpha value is -1.12. The van der Waals surface area contributed by atoms with Crippen molar-refractivity contribution >= 4 is 15.9 Å². The van der Waals surface area contributed by atoms with Crippen LogP contribution in [0.4, 0.5) is 0 Å². The van der Waals surface area contributed by atoms with E-state index < -0.39 is 5.60 Å². The fourth-order valence-corrected chi connectivity index (χ4v) is 2.71. The van der Waals surface area contributed by atoms with Crippen LogP contribution in [0.25, 0.3) is 0 Å². The highest BCUT2D eigenvalue weighted by atomic mass is 79.9. The Bertz CT molecular complexity index is 573. The summed E-state index contributed by atoms with van der Waals surface area (Å²) in [6.07, 6.45) is 0. The smallest absolute Gasteiger partial charge is 0.112 e. The highest BCUT2D eigenvalue weighted by molar-refractivity contribution is 9.10. The molecule has 0 aliphatic heterocycles. The highest BCUT2D eigenvalue weighted by Crippen LogP contribution is 2.32. The predicted molar refractivity (Wildman–Crippen MR) is 78.7 cm³/mol. The molecule has 0 aromatic heterocycles. The second-order valence-electron chi connectivity index (χ2n) is 4.90. The van der Waals surface area contributed by atoms with Crippen molar-refractivity contribution in [3.63, 3.8) is 0 Å². The van der Waals surface area contributed by atoms with Gasteiger partial charge in [-0.2, -0.15) is 0 Å². The molecule has 1 unspecified atom stereocenters. The number of hydrogen-bond donors (Lipinski definition) is 1. The van der Waals surface area contributed by atoms with Crippen LogP contribution in [0.1, 0.15) is 29.2 Å². The molecule has 1 atom stereocenters. The molecule has 0 saturated heterocycles. The maximum absolute atomic E-state index is 10.8. The zero-order valence-corrected chi connectivity index (χ0v) is 12.5. The third-order valence-electron chi connectivity index (χ3n) is 3.29. The van der Waals surface area contributed by atoms with Gasteiger partial charge in [0.05, 0.1) is 0 Å². The SMILES string of the molecule is Cc1ccc(C(C)(O)c2cccc(Br)c2)c(C)c1. The average Bonchev–Trinajstić information content (AvgIpc) is 2.28. The van der Waals surface area contributed by atoms with Crippen molar-refractivity contribution in [2.45, 2.75) is 26.4 Å². The minimum Gasteiger partial charge on any atom is -0.381 e. The lowest BCUT2D eigenvalue weighted by Gasteiger charge is -2.26. The fraction of sp³-hybridized carbons (Fsp3) is 0.250. The van der Waals surface area contributed by atoms with E-state index in [1.54, 1.807) is 0 Å². The molecule has 0 fully saturated rings. The van der Waals surface area contributed by atoms with Gasteiger partial charge in [0.1, 0.15) is 5.60 Å². The third kappa shape index (κ3) is 2.50. The molecule has 0 saturated carbocycles. The first kappa shape index (κ1) is 13.3. The van der Waals surface area contributed by atoms with Gasteiger partial charge in [0, 0.05) is 4.47 Å². The Balaban J connectivity index is 2.53.